The van der Waals surface area contributed by atoms with Gasteiger partial charge in [0.25, 0.3) is 5.91 Å². The Hall–Kier alpha value is -2.32. The van der Waals surface area contributed by atoms with Crippen molar-refractivity contribution < 1.29 is 27.2 Å². The largest absolute Gasteiger partial charge is 0.417 e. The van der Waals surface area contributed by atoms with E-state index in [-0.39, 0.29) is 16.3 Å². The van der Waals surface area contributed by atoms with Crippen LogP contribution >= 0.6 is 23.2 Å². The first kappa shape index (κ1) is 19.0. The third-order valence-corrected chi connectivity index (χ3v) is 3.56. The summed E-state index contributed by atoms with van der Waals surface area (Å²) in [5.41, 5.74) is -1.27. The maximum Gasteiger partial charge on any atom is 0.417 e. The zero-order valence-electron chi connectivity index (χ0n) is 12.0. The number of urea groups is 1. The van der Waals surface area contributed by atoms with Gasteiger partial charge < -0.3 is 5.32 Å². The minimum Gasteiger partial charge on any atom is -0.308 e. The smallest absolute Gasteiger partial charge is 0.308 e. The van der Waals surface area contributed by atoms with E-state index in [1.165, 1.54) is 0 Å². The molecule has 0 bridgehead atoms. The molecule has 132 valence electrons. The highest BCUT2D eigenvalue weighted by Gasteiger charge is 2.33. The molecule has 10 heteroatoms. The lowest BCUT2D eigenvalue weighted by Gasteiger charge is -2.11. The van der Waals surface area contributed by atoms with Crippen LogP contribution < -0.4 is 10.6 Å². The number of hydrogen-bond acceptors (Lipinski definition) is 2. The molecule has 0 aliphatic heterocycles. The normalized spacial score (nSPS) is 11.1. The minimum atomic E-state index is -4.63. The number of benzene rings is 2. The molecule has 0 saturated carbocycles. The van der Waals surface area contributed by atoms with Gasteiger partial charge in [-0.3, -0.25) is 10.1 Å². The Morgan fingerprint density at radius 2 is 1.64 bits per heavy atom. The van der Waals surface area contributed by atoms with Crippen LogP contribution in [0.1, 0.15) is 15.9 Å². The second kappa shape index (κ2) is 7.28. The average Bonchev–Trinajstić information content (AvgIpc) is 2.45. The second-order valence-corrected chi connectivity index (χ2v) is 5.54. The van der Waals surface area contributed by atoms with Crippen molar-refractivity contribution in [3.8, 4) is 0 Å². The van der Waals surface area contributed by atoms with Crippen LogP contribution in [-0.4, -0.2) is 11.9 Å². The van der Waals surface area contributed by atoms with Crippen molar-refractivity contribution in [2.45, 2.75) is 6.18 Å². The average molecular weight is 395 g/mol. The van der Waals surface area contributed by atoms with Crippen molar-refractivity contribution in [2.75, 3.05) is 5.32 Å². The highest BCUT2D eigenvalue weighted by molar-refractivity contribution is 6.34. The first-order chi connectivity index (χ1) is 11.6. The van der Waals surface area contributed by atoms with Gasteiger partial charge in [-0.05, 0) is 36.4 Å². The molecule has 2 aromatic carbocycles. The van der Waals surface area contributed by atoms with E-state index in [2.05, 4.69) is 5.32 Å². The van der Waals surface area contributed by atoms with Gasteiger partial charge in [-0.1, -0.05) is 23.2 Å². The predicted molar refractivity (Wildman–Crippen MR) is 84.3 cm³/mol. The van der Waals surface area contributed by atoms with E-state index < -0.39 is 34.5 Å². The molecule has 0 spiro atoms. The van der Waals surface area contributed by atoms with Gasteiger partial charge >= 0.3 is 12.2 Å². The van der Waals surface area contributed by atoms with Gasteiger partial charge in [-0.2, -0.15) is 13.2 Å². The zero-order chi connectivity index (χ0) is 18.8. The van der Waals surface area contributed by atoms with Gasteiger partial charge in [-0.25, -0.2) is 9.18 Å². The number of halogens is 6. The SMILES string of the molecule is O=C(NC(=O)c1ccc(F)cc1Cl)Nc1ccc(C(F)(F)F)c(Cl)c1. The Morgan fingerprint density at radius 3 is 2.20 bits per heavy atom. The molecule has 0 aliphatic rings. The first-order valence-electron chi connectivity index (χ1n) is 6.52. The molecule has 2 aromatic rings. The lowest BCUT2D eigenvalue weighted by Crippen LogP contribution is -2.34. The predicted octanol–water partition coefficient (Wildman–Crippen LogP) is 5.11. The minimum absolute atomic E-state index is 0.0616. The van der Waals surface area contributed by atoms with E-state index in [0.717, 1.165) is 30.3 Å². The highest BCUT2D eigenvalue weighted by Crippen LogP contribution is 2.35. The number of carbonyl (C=O) groups excluding carboxylic acids is 2. The fourth-order valence-corrected chi connectivity index (χ4v) is 2.37. The maximum atomic E-state index is 12.9. The first-order valence-corrected chi connectivity index (χ1v) is 7.27. The summed E-state index contributed by atoms with van der Waals surface area (Å²) in [7, 11) is 0. The summed E-state index contributed by atoms with van der Waals surface area (Å²) in [4.78, 5) is 23.6. The lowest BCUT2D eigenvalue weighted by molar-refractivity contribution is -0.137. The van der Waals surface area contributed by atoms with Crippen molar-refractivity contribution in [2.24, 2.45) is 0 Å². The number of imide groups is 1. The van der Waals surface area contributed by atoms with Crippen LogP contribution in [0, 0.1) is 5.82 Å². The van der Waals surface area contributed by atoms with E-state index in [1.54, 1.807) is 0 Å². The summed E-state index contributed by atoms with van der Waals surface area (Å²) in [5.74, 6) is -1.58. The summed E-state index contributed by atoms with van der Waals surface area (Å²) in [5, 5.41) is 3.24. The number of alkyl halides is 3. The fraction of sp³-hybridized carbons (Fsp3) is 0.0667. The van der Waals surface area contributed by atoms with Crippen LogP contribution in [0.2, 0.25) is 10.0 Å². The highest BCUT2D eigenvalue weighted by atomic mass is 35.5. The van der Waals surface area contributed by atoms with Crippen molar-refractivity contribution in [1.82, 2.24) is 5.32 Å². The molecule has 0 radical (unpaired) electrons. The van der Waals surface area contributed by atoms with Crippen LogP contribution in [0.4, 0.5) is 28.0 Å². The van der Waals surface area contributed by atoms with Crippen LogP contribution in [0.5, 0.6) is 0 Å². The topological polar surface area (TPSA) is 58.2 Å². The Kier molecular flexibility index (Phi) is 5.54. The van der Waals surface area contributed by atoms with Gasteiger partial charge in [0.15, 0.2) is 0 Å². The van der Waals surface area contributed by atoms with Crippen molar-refractivity contribution in [3.05, 3.63) is 63.4 Å². The summed E-state index contributed by atoms with van der Waals surface area (Å²) in [6, 6.07) is 4.48. The van der Waals surface area contributed by atoms with Gasteiger partial charge in [0.2, 0.25) is 0 Å². The third-order valence-electron chi connectivity index (χ3n) is 2.94. The molecule has 2 N–H and O–H groups in total. The van der Waals surface area contributed by atoms with Gasteiger partial charge in [0.1, 0.15) is 5.82 Å². The number of rotatable bonds is 2. The standard InChI is InChI=1S/C15H8Cl2F4N2O2/c16-11-5-7(18)1-3-9(11)13(24)23-14(25)22-8-2-4-10(12(17)6-8)15(19,20)21/h1-6H,(H2,22,23,24,25). The van der Waals surface area contributed by atoms with E-state index in [1.807, 2.05) is 5.32 Å². The zero-order valence-corrected chi connectivity index (χ0v) is 13.6. The van der Waals surface area contributed by atoms with Gasteiger partial charge in [-0.15, -0.1) is 0 Å². The Labute approximate surface area is 148 Å². The number of nitrogens with one attached hydrogen (secondary N) is 2. The summed E-state index contributed by atoms with van der Waals surface area (Å²) in [6.45, 7) is 0. The Morgan fingerprint density at radius 1 is 0.960 bits per heavy atom. The molecule has 0 unspecified atom stereocenters. The van der Waals surface area contributed by atoms with Crippen LogP contribution in [0.3, 0.4) is 0 Å². The van der Waals surface area contributed by atoms with Crippen LogP contribution in [0.15, 0.2) is 36.4 Å². The molecule has 3 amide bonds. The second-order valence-electron chi connectivity index (χ2n) is 4.72. The van der Waals surface area contributed by atoms with Crippen LogP contribution in [0.25, 0.3) is 0 Å². The van der Waals surface area contributed by atoms with Gasteiger partial charge in [0.05, 0.1) is 21.2 Å². The molecule has 0 heterocycles. The Bertz CT molecular complexity index is 841. The van der Waals surface area contributed by atoms with E-state index in [4.69, 9.17) is 23.2 Å². The molecule has 0 atom stereocenters. The molecular weight excluding hydrogens is 387 g/mol. The summed E-state index contributed by atoms with van der Waals surface area (Å²) in [6.07, 6.45) is -4.63. The van der Waals surface area contributed by atoms with E-state index >= 15 is 0 Å². The Balaban J connectivity index is 2.07. The molecule has 2 rings (SSSR count). The maximum absolute atomic E-state index is 12.9. The fourth-order valence-electron chi connectivity index (χ4n) is 1.83. The van der Waals surface area contributed by atoms with Crippen molar-refractivity contribution in [3.63, 3.8) is 0 Å². The third kappa shape index (κ3) is 4.83. The molecule has 4 nitrogen and oxygen atoms in total. The molecule has 0 aromatic heterocycles. The monoisotopic (exact) mass is 394 g/mol. The number of hydrogen-bond donors (Lipinski definition) is 2. The van der Waals surface area contributed by atoms with Crippen molar-refractivity contribution >= 4 is 40.8 Å². The molecule has 0 fully saturated rings. The van der Waals surface area contributed by atoms with E-state index in [9.17, 15) is 27.2 Å². The van der Waals surface area contributed by atoms with Crippen molar-refractivity contribution in [1.29, 1.82) is 0 Å². The summed E-state index contributed by atoms with van der Waals surface area (Å²) >= 11 is 11.2. The number of amides is 3. The quantitative estimate of drug-likeness (QED) is 0.695. The number of anilines is 1. The molecular formula is C15H8Cl2F4N2O2. The molecule has 0 saturated heterocycles. The van der Waals surface area contributed by atoms with Crippen LogP contribution in [-0.2, 0) is 6.18 Å². The summed E-state index contributed by atoms with van der Waals surface area (Å²) < 4.78 is 50.7. The molecule has 0 aliphatic carbocycles. The molecule has 25 heavy (non-hydrogen) atoms. The number of carbonyl (C=O) groups is 2. The lowest BCUT2D eigenvalue weighted by atomic mass is 10.2. The van der Waals surface area contributed by atoms with E-state index in [0.29, 0.717) is 6.07 Å². The van der Waals surface area contributed by atoms with Gasteiger partial charge in [0, 0.05) is 5.69 Å².